The van der Waals surface area contributed by atoms with Crippen molar-refractivity contribution in [3.63, 3.8) is 0 Å². The van der Waals surface area contributed by atoms with Gasteiger partial charge < -0.3 is 19.9 Å². The second-order valence-electron chi connectivity index (χ2n) is 6.93. The van der Waals surface area contributed by atoms with Crippen molar-refractivity contribution in [2.75, 3.05) is 7.11 Å². The van der Waals surface area contributed by atoms with E-state index in [0.29, 0.717) is 29.2 Å². The normalized spacial score (nSPS) is 11.0. The van der Waals surface area contributed by atoms with E-state index >= 15 is 0 Å². The number of aliphatic carboxylic acids is 1. The first-order valence-corrected chi connectivity index (χ1v) is 10.1. The van der Waals surface area contributed by atoms with Gasteiger partial charge in [0.2, 0.25) is 0 Å². The van der Waals surface area contributed by atoms with Crippen molar-refractivity contribution in [1.29, 1.82) is 0 Å². The number of carbonyl (C=O) groups excluding carboxylic acids is 1. The molecule has 0 saturated carbocycles. The lowest BCUT2D eigenvalue weighted by Crippen LogP contribution is -2.27. The highest BCUT2D eigenvalue weighted by Crippen LogP contribution is 2.37. The standard InChI is InChI=1S/C25H22ClNO5/c1-16-8-6-7-11-19(16)15-32-23-20(26)12-17(14-22(23)31-2)13-21(25(29)30)27-24(28)18-9-4-3-5-10-18/h3-14H,15H2,1-2H3,(H,27,28)(H,29,30). The second-order valence-corrected chi connectivity index (χ2v) is 7.34. The molecule has 0 heterocycles. The van der Waals surface area contributed by atoms with Gasteiger partial charge in [0, 0.05) is 5.56 Å². The minimum absolute atomic E-state index is 0.253. The van der Waals surface area contributed by atoms with Crippen LogP contribution in [0, 0.1) is 6.92 Å². The number of benzene rings is 3. The number of carbonyl (C=O) groups is 2. The maximum absolute atomic E-state index is 12.4. The van der Waals surface area contributed by atoms with Gasteiger partial charge in [0.1, 0.15) is 12.3 Å². The van der Waals surface area contributed by atoms with E-state index in [0.717, 1.165) is 11.1 Å². The average molecular weight is 452 g/mol. The van der Waals surface area contributed by atoms with Gasteiger partial charge in [-0.15, -0.1) is 0 Å². The molecular formula is C25H22ClNO5. The summed E-state index contributed by atoms with van der Waals surface area (Å²) in [6.07, 6.45) is 1.31. The van der Waals surface area contributed by atoms with Crippen LogP contribution in [0.2, 0.25) is 5.02 Å². The number of hydrogen-bond donors (Lipinski definition) is 2. The number of methoxy groups -OCH3 is 1. The molecule has 164 valence electrons. The third-order valence-electron chi connectivity index (χ3n) is 4.71. The third-order valence-corrected chi connectivity index (χ3v) is 4.99. The predicted molar refractivity (Wildman–Crippen MR) is 123 cm³/mol. The highest BCUT2D eigenvalue weighted by atomic mass is 35.5. The lowest BCUT2D eigenvalue weighted by Gasteiger charge is -2.15. The van der Waals surface area contributed by atoms with Gasteiger partial charge in [0.25, 0.3) is 5.91 Å². The molecule has 6 nitrogen and oxygen atoms in total. The van der Waals surface area contributed by atoms with Crippen LogP contribution in [0.25, 0.3) is 6.08 Å². The van der Waals surface area contributed by atoms with Crippen molar-refractivity contribution in [2.24, 2.45) is 0 Å². The Morgan fingerprint density at radius 1 is 1.06 bits per heavy atom. The van der Waals surface area contributed by atoms with Crippen molar-refractivity contribution >= 4 is 29.6 Å². The van der Waals surface area contributed by atoms with Crippen molar-refractivity contribution in [2.45, 2.75) is 13.5 Å². The molecule has 0 aliphatic carbocycles. The molecule has 0 aliphatic heterocycles. The van der Waals surface area contributed by atoms with E-state index in [9.17, 15) is 14.7 Å². The number of halogens is 1. The number of hydrogen-bond acceptors (Lipinski definition) is 4. The Labute approximate surface area is 191 Å². The monoisotopic (exact) mass is 451 g/mol. The lowest BCUT2D eigenvalue weighted by atomic mass is 10.1. The first-order chi connectivity index (χ1) is 15.4. The van der Waals surface area contributed by atoms with Crippen LogP contribution in [0.3, 0.4) is 0 Å². The molecule has 0 fully saturated rings. The summed E-state index contributed by atoms with van der Waals surface area (Å²) in [5.41, 5.74) is 2.57. The van der Waals surface area contributed by atoms with Crippen LogP contribution in [0.1, 0.15) is 27.0 Å². The fourth-order valence-corrected chi connectivity index (χ4v) is 3.26. The molecule has 3 aromatic rings. The number of aryl methyl sites for hydroxylation is 1. The molecule has 32 heavy (non-hydrogen) atoms. The van der Waals surface area contributed by atoms with Gasteiger partial charge in [0.15, 0.2) is 11.5 Å². The number of carboxylic acid groups (broad SMARTS) is 1. The minimum atomic E-state index is -1.29. The van der Waals surface area contributed by atoms with E-state index in [1.165, 1.54) is 13.2 Å². The Kier molecular flexibility index (Phi) is 7.52. The maximum Gasteiger partial charge on any atom is 0.352 e. The first kappa shape index (κ1) is 22.9. The Morgan fingerprint density at radius 2 is 1.75 bits per heavy atom. The molecule has 3 aromatic carbocycles. The van der Waals surface area contributed by atoms with Gasteiger partial charge in [-0.3, -0.25) is 4.79 Å². The smallest absolute Gasteiger partial charge is 0.352 e. The topological polar surface area (TPSA) is 84.9 Å². The van der Waals surface area contributed by atoms with Crippen LogP contribution in [0.15, 0.2) is 72.4 Å². The van der Waals surface area contributed by atoms with Gasteiger partial charge in [-0.1, -0.05) is 54.1 Å². The average Bonchev–Trinajstić information content (AvgIpc) is 2.79. The van der Waals surface area contributed by atoms with E-state index in [-0.39, 0.29) is 10.7 Å². The van der Waals surface area contributed by atoms with Gasteiger partial charge in [-0.05, 0) is 54.0 Å². The summed E-state index contributed by atoms with van der Waals surface area (Å²) < 4.78 is 11.3. The fourth-order valence-electron chi connectivity index (χ4n) is 2.99. The first-order valence-electron chi connectivity index (χ1n) is 9.75. The largest absolute Gasteiger partial charge is 0.493 e. The molecule has 1 amide bonds. The van der Waals surface area contributed by atoms with Crippen LogP contribution in [-0.4, -0.2) is 24.1 Å². The SMILES string of the molecule is COc1cc(C=C(NC(=O)c2ccccc2)C(=O)O)cc(Cl)c1OCc1ccccc1C. The fraction of sp³-hybridized carbons (Fsp3) is 0.120. The van der Waals surface area contributed by atoms with Crippen LogP contribution in [-0.2, 0) is 11.4 Å². The Balaban J connectivity index is 1.85. The Hall–Kier alpha value is -3.77. The van der Waals surface area contributed by atoms with Gasteiger partial charge in [-0.25, -0.2) is 4.79 Å². The van der Waals surface area contributed by atoms with E-state index in [2.05, 4.69) is 5.32 Å². The summed E-state index contributed by atoms with van der Waals surface area (Å²) in [5, 5.41) is 12.2. The maximum atomic E-state index is 12.4. The summed E-state index contributed by atoms with van der Waals surface area (Å²) >= 11 is 6.41. The zero-order valence-electron chi connectivity index (χ0n) is 17.6. The number of amides is 1. The summed E-state index contributed by atoms with van der Waals surface area (Å²) in [5.74, 6) is -1.13. The van der Waals surface area contributed by atoms with Crippen LogP contribution >= 0.6 is 11.6 Å². The minimum Gasteiger partial charge on any atom is -0.493 e. The summed E-state index contributed by atoms with van der Waals surface area (Å²) in [7, 11) is 1.47. The number of carboxylic acids is 1. The molecule has 0 spiro atoms. The van der Waals surface area contributed by atoms with Crippen LogP contribution in [0.4, 0.5) is 0 Å². The van der Waals surface area contributed by atoms with Crippen molar-refractivity contribution in [3.05, 3.63) is 99.7 Å². The molecule has 0 aromatic heterocycles. The van der Waals surface area contributed by atoms with Crippen molar-refractivity contribution < 1.29 is 24.2 Å². The molecule has 3 rings (SSSR count). The molecule has 0 unspecified atom stereocenters. The van der Waals surface area contributed by atoms with Gasteiger partial charge in [-0.2, -0.15) is 0 Å². The summed E-state index contributed by atoms with van der Waals surface area (Å²) in [6.45, 7) is 2.29. The Morgan fingerprint density at radius 3 is 2.41 bits per heavy atom. The molecule has 0 bridgehead atoms. The highest BCUT2D eigenvalue weighted by molar-refractivity contribution is 6.32. The van der Waals surface area contributed by atoms with Crippen molar-refractivity contribution in [1.82, 2.24) is 5.32 Å². The zero-order valence-corrected chi connectivity index (χ0v) is 18.3. The van der Waals surface area contributed by atoms with E-state index in [1.807, 2.05) is 31.2 Å². The van der Waals surface area contributed by atoms with E-state index in [4.69, 9.17) is 21.1 Å². The van der Waals surface area contributed by atoms with E-state index in [1.54, 1.807) is 42.5 Å². The molecule has 7 heteroatoms. The quantitative estimate of drug-likeness (QED) is 0.466. The number of nitrogens with one attached hydrogen (secondary N) is 1. The van der Waals surface area contributed by atoms with Crippen molar-refractivity contribution in [3.8, 4) is 11.5 Å². The van der Waals surface area contributed by atoms with Crippen LogP contribution in [0.5, 0.6) is 11.5 Å². The molecule has 0 atom stereocenters. The highest BCUT2D eigenvalue weighted by Gasteiger charge is 2.16. The molecular weight excluding hydrogens is 430 g/mol. The summed E-state index contributed by atoms with van der Waals surface area (Å²) in [4.78, 5) is 24.1. The van der Waals surface area contributed by atoms with Gasteiger partial charge in [0.05, 0.1) is 12.1 Å². The predicted octanol–water partition coefficient (Wildman–Crippen LogP) is 5.09. The number of rotatable bonds is 8. The van der Waals surface area contributed by atoms with Gasteiger partial charge >= 0.3 is 5.97 Å². The summed E-state index contributed by atoms with van der Waals surface area (Å²) in [6, 6.07) is 19.3. The lowest BCUT2D eigenvalue weighted by molar-refractivity contribution is -0.132. The molecule has 2 N–H and O–H groups in total. The third kappa shape index (κ3) is 5.68. The number of ether oxygens (including phenoxy) is 2. The van der Waals surface area contributed by atoms with E-state index < -0.39 is 11.9 Å². The zero-order chi connectivity index (χ0) is 23.1. The molecule has 0 radical (unpaired) electrons. The Bertz CT molecular complexity index is 1160. The molecule has 0 saturated heterocycles. The second kappa shape index (κ2) is 10.5. The molecule has 0 aliphatic rings. The van der Waals surface area contributed by atoms with Crippen LogP contribution < -0.4 is 14.8 Å².